The van der Waals surface area contributed by atoms with Crippen molar-refractivity contribution in [2.75, 3.05) is 13.1 Å². The number of benzene rings is 1. The lowest BCUT2D eigenvalue weighted by atomic mass is 10.1. The van der Waals surface area contributed by atoms with Gasteiger partial charge in [-0.15, -0.1) is 0 Å². The van der Waals surface area contributed by atoms with Crippen molar-refractivity contribution in [3.05, 3.63) is 53.4 Å². The van der Waals surface area contributed by atoms with Gasteiger partial charge in [-0.25, -0.2) is 0 Å². The Morgan fingerprint density at radius 3 is 2.88 bits per heavy atom. The van der Waals surface area contributed by atoms with Gasteiger partial charge in [0, 0.05) is 25.6 Å². The first-order valence-corrected chi connectivity index (χ1v) is 8.74. The minimum Gasteiger partial charge on any atom is -0.351 e. The molecule has 6 nitrogen and oxygen atoms in total. The topological polar surface area (TPSA) is 75.4 Å². The van der Waals surface area contributed by atoms with Crippen molar-refractivity contribution < 1.29 is 14.1 Å². The number of aromatic nitrogens is 1. The van der Waals surface area contributed by atoms with Gasteiger partial charge in [0.2, 0.25) is 11.7 Å². The summed E-state index contributed by atoms with van der Waals surface area (Å²) in [7, 11) is 0. The Morgan fingerprint density at radius 2 is 2.16 bits per heavy atom. The number of amides is 2. The molecule has 1 fully saturated rings. The van der Waals surface area contributed by atoms with E-state index in [0.29, 0.717) is 25.9 Å². The molecule has 6 heteroatoms. The minimum absolute atomic E-state index is 0.0881. The van der Waals surface area contributed by atoms with Crippen LogP contribution in [0.4, 0.5) is 0 Å². The van der Waals surface area contributed by atoms with Crippen molar-refractivity contribution in [1.82, 2.24) is 15.4 Å². The van der Waals surface area contributed by atoms with Gasteiger partial charge < -0.3 is 14.7 Å². The molecule has 1 atom stereocenters. The standard InChI is InChI=1S/C19H23N3O3/c1-2-15-11-17(25-21-15)19(24)20-16-12-18(23)22(13-16)10-6-9-14-7-4-3-5-8-14/h3-5,7-8,11,16H,2,6,9-10,12-13H2,1H3,(H,20,24)/t16-/m1/s1. The second kappa shape index (κ2) is 7.96. The molecule has 2 heterocycles. The van der Waals surface area contributed by atoms with Crippen LogP contribution in [0.5, 0.6) is 0 Å². The van der Waals surface area contributed by atoms with E-state index in [-0.39, 0.29) is 23.6 Å². The molecule has 1 aliphatic rings. The van der Waals surface area contributed by atoms with Crippen LogP contribution >= 0.6 is 0 Å². The van der Waals surface area contributed by atoms with Gasteiger partial charge in [-0.3, -0.25) is 9.59 Å². The largest absolute Gasteiger partial charge is 0.351 e. The molecule has 0 radical (unpaired) electrons. The van der Waals surface area contributed by atoms with Crippen LogP contribution in [0.2, 0.25) is 0 Å². The first-order chi connectivity index (χ1) is 12.2. The maximum atomic E-state index is 12.2. The van der Waals surface area contributed by atoms with E-state index in [2.05, 4.69) is 22.6 Å². The van der Waals surface area contributed by atoms with E-state index in [1.807, 2.05) is 30.0 Å². The summed E-state index contributed by atoms with van der Waals surface area (Å²) in [4.78, 5) is 26.1. The Morgan fingerprint density at radius 1 is 1.36 bits per heavy atom. The summed E-state index contributed by atoms with van der Waals surface area (Å²) in [5.74, 6) is -0.0202. The van der Waals surface area contributed by atoms with Crippen LogP contribution in [0.1, 0.15) is 41.6 Å². The van der Waals surface area contributed by atoms with Gasteiger partial charge in [-0.05, 0) is 24.8 Å². The lowest BCUT2D eigenvalue weighted by Crippen LogP contribution is -2.37. The molecule has 1 aromatic heterocycles. The second-order valence-electron chi connectivity index (χ2n) is 6.34. The molecule has 0 saturated carbocycles. The average molecular weight is 341 g/mol. The summed E-state index contributed by atoms with van der Waals surface area (Å²) in [6, 6.07) is 11.7. The van der Waals surface area contributed by atoms with E-state index in [9.17, 15) is 9.59 Å². The molecule has 1 aromatic carbocycles. The number of carbonyl (C=O) groups excluding carboxylic acids is 2. The Labute approximate surface area is 147 Å². The molecule has 0 unspecified atom stereocenters. The molecule has 0 spiro atoms. The molecule has 2 aromatic rings. The third kappa shape index (κ3) is 4.47. The predicted octanol–water partition coefficient (Wildman–Crippen LogP) is 2.20. The molecule has 1 aliphatic heterocycles. The van der Waals surface area contributed by atoms with Crippen LogP contribution in [-0.4, -0.2) is 41.0 Å². The highest BCUT2D eigenvalue weighted by Gasteiger charge is 2.31. The number of hydrogen-bond acceptors (Lipinski definition) is 4. The third-order valence-corrected chi connectivity index (χ3v) is 4.43. The quantitative estimate of drug-likeness (QED) is 0.838. The van der Waals surface area contributed by atoms with Crippen molar-refractivity contribution in [1.29, 1.82) is 0 Å². The molecule has 1 N–H and O–H groups in total. The molecule has 0 bridgehead atoms. The lowest BCUT2D eigenvalue weighted by molar-refractivity contribution is -0.127. The molecular weight excluding hydrogens is 318 g/mol. The van der Waals surface area contributed by atoms with Gasteiger partial charge in [0.15, 0.2) is 0 Å². The molecule has 1 saturated heterocycles. The van der Waals surface area contributed by atoms with Crippen molar-refractivity contribution in [2.45, 2.75) is 38.6 Å². The second-order valence-corrected chi connectivity index (χ2v) is 6.34. The normalized spacial score (nSPS) is 17.1. The summed E-state index contributed by atoms with van der Waals surface area (Å²) in [6.07, 6.45) is 2.91. The summed E-state index contributed by atoms with van der Waals surface area (Å²) in [6.45, 7) is 3.21. The fourth-order valence-corrected chi connectivity index (χ4v) is 3.05. The monoisotopic (exact) mass is 341 g/mol. The lowest BCUT2D eigenvalue weighted by Gasteiger charge is -2.16. The number of aryl methyl sites for hydroxylation is 2. The molecular formula is C19H23N3O3. The predicted molar refractivity (Wildman–Crippen MR) is 93.1 cm³/mol. The summed E-state index contributed by atoms with van der Waals surface area (Å²) in [5, 5.41) is 6.68. The van der Waals surface area contributed by atoms with Gasteiger partial charge in [-0.2, -0.15) is 0 Å². The Bertz CT molecular complexity index is 727. The van der Waals surface area contributed by atoms with E-state index < -0.39 is 0 Å². The van der Waals surface area contributed by atoms with Crippen LogP contribution < -0.4 is 5.32 Å². The Kier molecular flexibility index (Phi) is 5.48. The zero-order valence-electron chi connectivity index (χ0n) is 14.4. The highest BCUT2D eigenvalue weighted by atomic mass is 16.5. The maximum Gasteiger partial charge on any atom is 0.290 e. The molecule has 2 amide bonds. The number of likely N-dealkylation sites (tertiary alicyclic amines) is 1. The van der Waals surface area contributed by atoms with Crippen LogP contribution in [0.15, 0.2) is 40.9 Å². The number of nitrogens with one attached hydrogen (secondary N) is 1. The first-order valence-electron chi connectivity index (χ1n) is 8.74. The zero-order chi connectivity index (χ0) is 17.6. The third-order valence-electron chi connectivity index (χ3n) is 4.43. The highest BCUT2D eigenvalue weighted by Crippen LogP contribution is 2.14. The highest BCUT2D eigenvalue weighted by molar-refractivity contribution is 5.92. The minimum atomic E-state index is -0.309. The van der Waals surface area contributed by atoms with Crippen LogP contribution in [-0.2, 0) is 17.6 Å². The van der Waals surface area contributed by atoms with E-state index in [1.54, 1.807) is 6.07 Å². The molecule has 25 heavy (non-hydrogen) atoms. The van der Waals surface area contributed by atoms with Crippen molar-refractivity contribution in [3.63, 3.8) is 0 Å². The number of hydrogen-bond donors (Lipinski definition) is 1. The molecule has 3 rings (SSSR count). The van der Waals surface area contributed by atoms with Gasteiger partial charge in [-0.1, -0.05) is 42.4 Å². The van der Waals surface area contributed by atoms with Gasteiger partial charge in [0.25, 0.3) is 5.91 Å². The van der Waals surface area contributed by atoms with Crippen LogP contribution in [0.25, 0.3) is 0 Å². The zero-order valence-corrected chi connectivity index (χ0v) is 14.4. The van der Waals surface area contributed by atoms with Crippen molar-refractivity contribution in [2.24, 2.45) is 0 Å². The summed E-state index contributed by atoms with van der Waals surface area (Å²) < 4.78 is 5.03. The van der Waals surface area contributed by atoms with E-state index >= 15 is 0 Å². The number of nitrogens with zero attached hydrogens (tertiary/aromatic N) is 2. The van der Waals surface area contributed by atoms with E-state index in [0.717, 1.165) is 18.5 Å². The van der Waals surface area contributed by atoms with Crippen molar-refractivity contribution >= 4 is 11.8 Å². The SMILES string of the molecule is CCc1cc(C(=O)N[C@@H]2CC(=O)N(CCCc3ccccc3)C2)on1. The summed E-state index contributed by atoms with van der Waals surface area (Å²) >= 11 is 0. The molecule has 132 valence electrons. The number of carbonyl (C=O) groups is 2. The molecule has 0 aliphatic carbocycles. The first kappa shape index (κ1) is 17.2. The number of rotatable bonds is 7. The fraction of sp³-hybridized carbons (Fsp3) is 0.421. The fourth-order valence-electron chi connectivity index (χ4n) is 3.05. The van der Waals surface area contributed by atoms with Gasteiger partial charge in [0.05, 0.1) is 11.7 Å². The Balaban J connectivity index is 1.46. The van der Waals surface area contributed by atoms with Crippen LogP contribution in [0, 0.1) is 0 Å². The van der Waals surface area contributed by atoms with Crippen LogP contribution in [0.3, 0.4) is 0 Å². The van der Waals surface area contributed by atoms with E-state index in [1.165, 1.54) is 5.56 Å². The summed E-state index contributed by atoms with van der Waals surface area (Å²) in [5.41, 5.74) is 2.02. The van der Waals surface area contributed by atoms with E-state index in [4.69, 9.17) is 4.52 Å². The smallest absolute Gasteiger partial charge is 0.290 e. The Hall–Kier alpha value is -2.63. The van der Waals surface area contributed by atoms with Gasteiger partial charge >= 0.3 is 0 Å². The average Bonchev–Trinajstić information content (AvgIpc) is 3.23. The van der Waals surface area contributed by atoms with Gasteiger partial charge in [0.1, 0.15) is 0 Å². The van der Waals surface area contributed by atoms with Crippen molar-refractivity contribution in [3.8, 4) is 0 Å². The maximum absolute atomic E-state index is 12.2.